The molecule has 5 N–H and O–H groups in total. The van der Waals surface area contributed by atoms with Gasteiger partial charge < -0.3 is 21.4 Å². The van der Waals surface area contributed by atoms with Crippen molar-refractivity contribution in [2.24, 2.45) is 5.73 Å². The zero-order chi connectivity index (χ0) is 14.6. The Kier molecular flexibility index (Phi) is 4.58. The monoisotopic (exact) mass is 266 g/mol. The predicted molar refractivity (Wildman–Crippen MR) is 74.5 cm³/mol. The predicted octanol–water partition coefficient (Wildman–Crippen LogP) is 0.864. The summed E-state index contributed by atoms with van der Waals surface area (Å²) in [7, 11) is 0. The molecular formula is C13H22N4O2. The van der Waals surface area contributed by atoms with Gasteiger partial charge in [0.2, 0.25) is 5.91 Å². The molecule has 0 fully saturated rings. The average molecular weight is 266 g/mol. The van der Waals surface area contributed by atoms with E-state index >= 15 is 0 Å². The van der Waals surface area contributed by atoms with Crippen LogP contribution in [-0.2, 0) is 11.3 Å². The number of amides is 2. The van der Waals surface area contributed by atoms with E-state index in [4.69, 9.17) is 11.5 Å². The number of carbonyl (C=O) groups is 2. The molecule has 6 heteroatoms. The normalized spacial score (nSPS) is 11.3. The topological polar surface area (TPSA) is 103 Å². The number of nitrogens with zero attached hydrogens (tertiary/aromatic N) is 1. The van der Waals surface area contributed by atoms with Gasteiger partial charge in [-0.1, -0.05) is 6.92 Å². The van der Waals surface area contributed by atoms with Crippen molar-refractivity contribution in [1.82, 2.24) is 9.88 Å². The lowest BCUT2D eigenvalue weighted by molar-refractivity contribution is -0.119. The van der Waals surface area contributed by atoms with E-state index in [2.05, 4.69) is 5.32 Å². The van der Waals surface area contributed by atoms with Gasteiger partial charge in [0.25, 0.3) is 5.91 Å². The summed E-state index contributed by atoms with van der Waals surface area (Å²) in [5.41, 5.74) is 11.2. The molecule has 0 aliphatic heterocycles. The van der Waals surface area contributed by atoms with Crippen molar-refractivity contribution >= 4 is 17.5 Å². The molecule has 0 unspecified atom stereocenters. The highest BCUT2D eigenvalue weighted by atomic mass is 16.2. The Bertz CT molecular complexity index is 477. The number of carbonyl (C=O) groups excluding carboxylic acids is 2. The second kappa shape index (κ2) is 5.77. The van der Waals surface area contributed by atoms with Gasteiger partial charge in [-0.15, -0.1) is 0 Å². The van der Waals surface area contributed by atoms with Gasteiger partial charge in [0.05, 0.1) is 5.69 Å². The molecule has 0 saturated heterocycles. The molecule has 6 nitrogen and oxygen atoms in total. The second-order valence-electron chi connectivity index (χ2n) is 5.33. The first-order valence-electron chi connectivity index (χ1n) is 6.31. The maximum absolute atomic E-state index is 12.2. The van der Waals surface area contributed by atoms with Crippen molar-refractivity contribution in [2.45, 2.75) is 45.7 Å². The van der Waals surface area contributed by atoms with E-state index in [9.17, 15) is 9.59 Å². The molecular weight excluding hydrogens is 244 g/mol. The van der Waals surface area contributed by atoms with E-state index in [1.807, 2.05) is 11.5 Å². The van der Waals surface area contributed by atoms with Gasteiger partial charge in [-0.2, -0.15) is 0 Å². The summed E-state index contributed by atoms with van der Waals surface area (Å²) in [6.07, 6.45) is 2.72. The molecule has 106 valence electrons. The number of primary amides is 1. The van der Waals surface area contributed by atoms with Crippen molar-refractivity contribution in [1.29, 1.82) is 0 Å². The van der Waals surface area contributed by atoms with Gasteiger partial charge in [0.1, 0.15) is 5.69 Å². The summed E-state index contributed by atoms with van der Waals surface area (Å²) in [6, 6.07) is 1.63. The number of nitrogens with one attached hydrogen (secondary N) is 1. The lowest BCUT2D eigenvalue weighted by Crippen LogP contribution is -2.46. The van der Waals surface area contributed by atoms with E-state index in [0.29, 0.717) is 11.4 Å². The van der Waals surface area contributed by atoms with Crippen molar-refractivity contribution in [3.8, 4) is 0 Å². The Morgan fingerprint density at radius 3 is 2.58 bits per heavy atom. The third-order valence-electron chi connectivity index (χ3n) is 2.68. The third kappa shape index (κ3) is 4.31. The largest absolute Gasteiger partial charge is 0.397 e. The van der Waals surface area contributed by atoms with Crippen molar-refractivity contribution in [3.05, 3.63) is 18.0 Å². The quantitative estimate of drug-likeness (QED) is 0.711. The molecule has 19 heavy (non-hydrogen) atoms. The molecule has 0 aliphatic rings. The highest BCUT2D eigenvalue weighted by molar-refractivity contribution is 5.94. The number of nitrogen functional groups attached to an aromatic ring is 1. The molecule has 0 aromatic carbocycles. The van der Waals surface area contributed by atoms with E-state index < -0.39 is 11.4 Å². The third-order valence-corrected chi connectivity index (χ3v) is 2.68. The summed E-state index contributed by atoms with van der Waals surface area (Å²) >= 11 is 0. The lowest BCUT2D eigenvalue weighted by atomic mass is 10.00. The van der Waals surface area contributed by atoms with Crippen molar-refractivity contribution in [3.63, 3.8) is 0 Å². The van der Waals surface area contributed by atoms with Crippen LogP contribution in [0.3, 0.4) is 0 Å². The van der Waals surface area contributed by atoms with Crippen molar-refractivity contribution in [2.75, 3.05) is 5.73 Å². The number of aromatic nitrogens is 1. The fourth-order valence-electron chi connectivity index (χ4n) is 2.00. The Labute approximate surface area is 113 Å². The molecule has 1 heterocycles. The minimum atomic E-state index is -0.682. The Balaban J connectivity index is 2.86. The summed E-state index contributed by atoms with van der Waals surface area (Å²) < 4.78 is 1.81. The maximum atomic E-state index is 12.2. The first-order valence-corrected chi connectivity index (χ1v) is 6.31. The summed E-state index contributed by atoms with van der Waals surface area (Å²) in [5, 5.41) is 2.80. The number of hydrogen-bond acceptors (Lipinski definition) is 3. The Morgan fingerprint density at radius 2 is 2.05 bits per heavy atom. The highest BCUT2D eigenvalue weighted by Crippen LogP contribution is 2.14. The molecule has 1 rings (SSSR count). The lowest BCUT2D eigenvalue weighted by Gasteiger charge is -2.25. The average Bonchev–Trinajstić information content (AvgIpc) is 2.57. The van der Waals surface area contributed by atoms with Crippen LogP contribution in [0.25, 0.3) is 0 Å². The van der Waals surface area contributed by atoms with Gasteiger partial charge >= 0.3 is 0 Å². The SMILES string of the molecule is CCCn1cc(N)cc1C(=O)NC(C)(C)CC(N)=O. The molecule has 1 aromatic rings. The standard InChI is InChI=1S/C13H22N4O2/c1-4-5-17-8-9(14)6-10(17)12(19)16-13(2,3)7-11(15)18/h6,8H,4-5,7,14H2,1-3H3,(H2,15,18)(H,16,19). The van der Waals surface area contributed by atoms with E-state index in [-0.39, 0.29) is 12.3 Å². The number of rotatable bonds is 6. The second-order valence-corrected chi connectivity index (χ2v) is 5.33. The van der Waals surface area contributed by atoms with Crippen LogP contribution < -0.4 is 16.8 Å². The minimum absolute atomic E-state index is 0.0860. The fourth-order valence-corrected chi connectivity index (χ4v) is 2.00. The van der Waals surface area contributed by atoms with Crippen LogP contribution in [0.2, 0.25) is 0 Å². The van der Waals surface area contributed by atoms with Crippen LogP contribution in [0, 0.1) is 0 Å². The molecule has 0 spiro atoms. The molecule has 0 atom stereocenters. The first kappa shape index (κ1) is 15.1. The van der Waals surface area contributed by atoms with Crippen molar-refractivity contribution < 1.29 is 9.59 Å². The molecule has 0 aliphatic carbocycles. The van der Waals surface area contributed by atoms with Crippen LogP contribution in [0.1, 0.15) is 44.1 Å². The molecule has 0 saturated carbocycles. The zero-order valence-electron chi connectivity index (χ0n) is 11.7. The van der Waals surface area contributed by atoms with Crippen LogP contribution in [-0.4, -0.2) is 21.9 Å². The summed E-state index contributed by atoms with van der Waals surface area (Å²) in [5.74, 6) is -0.704. The summed E-state index contributed by atoms with van der Waals surface area (Å²) in [6.45, 7) is 6.25. The number of aryl methyl sites for hydroxylation is 1. The van der Waals surface area contributed by atoms with E-state index in [1.165, 1.54) is 0 Å². The van der Waals surface area contributed by atoms with Gasteiger partial charge in [-0.05, 0) is 26.3 Å². The smallest absolute Gasteiger partial charge is 0.268 e. The highest BCUT2D eigenvalue weighted by Gasteiger charge is 2.25. The fraction of sp³-hybridized carbons (Fsp3) is 0.538. The number of nitrogens with two attached hydrogens (primary N) is 2. The molecule has 2 amide bonds. The van der Waals surface area contributed by atoms with E-state index in [1.54, 1.807) is 26.1 Å². The molecule has 0 radical (unpaired) electrons. The summed E-state index contributed by atoms with van der Waals surface area (Å²) in [4.78, 5) is 23.2. The zero-order valence-corrected chi connectivity index (χ0v) is 11.7. The van der Waals surface area contributed by atoms with Crippen LogP contribution in [0.4, 0.5) is 5.69 Å². The van der Waals surface area contributed by atoms with Crippen LogP contribution in [0.15, 0.2) is 12.3 Å². The van der Waals surface area contributed by atoms with Gasteiger partial charge in [-0.25, -0.2) is 0 Å². The Hall–Kier alpha value is -1.98. The van der Waals surface area contributed by atoms with Crippen LogP contribution >= 0.6 is 0 Å². The minimum Gasteiger partial charge on any atom is -0.397 e. The number of hydrogen-bond donors (Lipinski definition) is 3. The Morgan fingerprint density at radius 1 is 1.42 bits per heavy atom. The van der Waals surface area contributed by atoms with Crippen LogP contribution in [0.5, 0.6) is 0 Å². The van der Waals surface area contributed by atoms with E-state index in [0.717, 1.165) is 13.0 Å². The van der Waals surface area contributed by atoms with Gasteiger partial charge in [0, 0.05) is 24.7 Å². The first-order chi connectivity index (χ1) is 8.75. The molecule has 1 aromatic heterocycles. The maximum Gasteiger partial charge on any atom is 0.268 e. The van der Waals surface area contributed by atoms with Gasteiger partial charge in [-0.3, -0.25) is 9.59 Å². The number of anilines is 1. The van der Waals surface area contributed by atoms with Gasteiger partial charge in [0.15, 0.2) is 0 Å². The molecule has 0 bridgehead atoms.